The molecule has 0 aliphatic carbocycles. The fourth-order valence-electron chi connectivity index (χ4n) is 3.18. The van der Waals surface area contributed by atoms with Crippen LogP contribution in [0.25, 0.3) is 10.2 Å². The lowest BCUT2D eigenvalue weighted by atomic mass is 10.0. The fraction of sp³-hybridized carbons (Fsp3) is 0.250. The number of amides is 3. The molecule has 6 nitrogen and oxygen atoms in total. The van der Waals surface area contributed by atoms with Crippen LogP contribution in [-0.2, 0) is 0 Å². The van der Waals surface area contributed by atoms with Crippen molar-refractivity contribution < 1.29 is 9.59 Å². The number of fused-ring (bicyclic) bond motifs is 1. The molecule has 3 amide bonds. The van der Waals surface area contributed by atoms with E-state index in [1.807, 2.05) is 42.5 Å². The zero-order chi connectivity index (χ0) is 18.6. The highest BCUT2D eigenvalue weighted by molar-refractivity contribution is 7.22. The van der Waals surface area contributed by atoms with Crippen LogP contribution in [0.1, 0.15) is 23.2 Å². The summed E-state index contributed by atoms with van der Waals surface area (Å²) in [5.74, 6) is -0.0621. The minimum absolute atomic E-state index is 0.0621. The van der Waals surface area contributed by atoms with Crippen molar-refractivity contribution in [3.05, 3.63) is 60.2 Å². The molecule has 1 aliphatic heterocycles. The highest BCUT2D eigenvalue weighted by atomic mass is 32.1. The molecule has 3 aromatic rings. The topological polar surface area (TPSA) is 74.3 Å². The van der Waals surface area contributed by atoms with Crippen LogP contribution >= 0.6 is 11.3 Å². The molecule has 0 bridgehead atoms. The first kappa shape index (κ1) is 17.5. The molecule has 0 radical (unpaired) electrons. The number of para-hydroxylation sites is 1. The van der Waals surface area contributed by atoms with Crippen molar-refractivity contribution in [1.82, 2.24) is 15.2 Å². The summed E-state index contributed by atoms with van der Waals surface area (Å²) >= 11 is 1.47. The molecule has 0 atom stereocenters. The van der Waals surface area contributed by atoms with E-state index in [0.29, 0.717) is 23.8 Å². The summed E-state index contributed by atoms with van der Waals surface area (Å²) in [5.41, 5.74) is 1.55. The summed E-state index contributed by atoms with van der Waals surface area (Å²) in [7, 11) is 0. The van der Waals surface area contributed by atoms with Crippen LogP contribution in [0.3, 0.4) is 0 Å². The van der Waals surface area contributed by atoms with Gasteiger partial charge in [0, 0.05) is 24.7 Å². The van der Waals surface area contributed by atoms with Gasteiger partial charge >= 0.3 is 6.03 Å². The molecule has 0 spiro atoms. The van der Waals surface area contributed by atoms with Crippen LogP contribution in [-0.4, -0.2) is 41.0 Å². The largest absolute Gasteiger partial charge is 0.349 e. The fourth-order valence-corrected chi connectivity index (χ4v) is 4.04. The molecule has 7 heteroatoms. The van der Waals surface area contributed by atoms with Gasteiger partial charge < -0.3 is 10.2 Å². The van der Waals surface area contributed by atoms with Crippen molar-refractivity contribution in [2.24, 2.45) is 0 Å². The van der Waals surface area contributed by atoms with Gasteiger partial charge in [-0.05, 0) is 37.1 Å². The number of nitrogens with one attached hydrogen (secondary N) is 2. The molecule has 4 rings (SSSR count). The Morgan fingerprint density at radius 1 is 1.00 bits per heavy atom. The van der Waals surface area contributed by atoms with E-state index in [1.165, 1.54) is 11.3 Å². The predicted molar refractivity (Wildman–Crippen MR) is 107 cm³/mol. The molecule has 138 valence electrons. The first-order chi connectivity index (χ1) is 13.2. The second kappa shape index (κ2) is 7.75. The number of urea groups is 1. The lowest BCUT2D eigenvalue weighted by molar-refractivity contribution is 0.0919. The van der Waals surface area contributed by atoms with Crippen LogP contribution in [0.2, 0.25) is 0 Å². The number of carbonyl (C=O) groups excluding carboxylic acids is 2. The second-order valence-electron chi connectivity index (χ2n) is 6.52. The van der Waals surface area contributed by atoms with Gasteiger partial charge in [0.05, 0.1) is 10.2 Å². The van der Waals surface area contributed by atoms with Crippen LogP contribution in [0.15, 0.2) is 54.6 Å². The van der Waals surface area contributed by atoms with Gasteiger partial charge in [-0.25, -0.2) is 9.78 Å². The Hall–Kier alpha value is -2.93. The minimum Gasteiger partial charge on any atom is -0.349 e. The predicted octanol–water partition coefficient (Wildman–Crippen LogP) is 3.72. The van der Waals surface area contributed by atoms with Gasteiger partial charge in [-0.15, -0.1) is 0 Å². The summed E-state index contributed by atoms with van der Waals surface area (Å²) in [6.45, 7) is 1.22. The first-order valence-corrected chi connectivity index (χ1v) is 9.78. The lowest BCUT2D eigenvalue weighted by Crippen LogP contribution is -2.47. The van der Waals surface area contributed by atoms with E-state index >= 15 is 0 Å². The maximum atomic E-state index is 12.5. The number of aromatic nitrogens is 1. The van der Waals surface area contributed by atoms with E-state index in [1.54, 1.807) is 17.0 Å². The van der Waals surface area contributed by atoms with Crippen molar-refractivity contribution in [2.45, 2.75) is 18.9 Å². The number of piperidine rings is 1. The van der Waals surface area contributed by atoms with Gasteiger partial charge in [0.15, 0.2) is 5.13 Å². The molecule has 2 N–H and O–H groups in total. The first-order valence-electron chi connectivity index (χ1n) is 8.96. The SMILES string of the molecule is O=C(NC1CCN(C(=O)Nc2nc3ccccc3s2)CC1)c1ccccc1. The normalized spacial score (nSPS) is 14.9. The van der Waals surface area contributed by atoms with Crippen molar-refractivity contribution in [3.8, 4) is 0 Å². The van der Waals surface area contributed by atoms with Crippen molar-refractivity contribution >= 4 is 38.6 Å². The molecular formula is C20H20N4O2S. The smallest absolute Gasteiger partial charge is 0.323 e. The van der Waals surface area contributed by atoms with Crippen molar-refractivity contribution in [3.63, 3.8) is 0 Å². The Morgan fingerprint density at radius 2 is 1.70 bits per heavy atom. The van der Waals surface area contributed by atoms with Crippen LogP contribution < -0.4 is 10.6 Å². The van der Waals surface area contributed by atoms with E-state index in [2.05, 4.69) is 15.6 Å². The molecule has 1 aliphatic rings. The Balaban J connectivity index is 1.29. The molecule has 0 saturated carbocycles. The molecule has 2 heterocycles. The number of benzene rings is 2. The maximum absolute atomic E-state index is 12.5. The molecule has 2 aromatic carbocycles. The standard InChI is InChI=1S/C20H20N4O2S/c25-18(14-6-2-1-3-7-14)21-15-10-12-24(13-11-15)20(26)23-19-22-16-8-4-5-9-17(16)27-19/h1-9,15H,10-13H2,(H,21,25)(H,22,23,26). The monoisotopic (exact) mass is 380 g/mol. The highest BCUT2D eigenvalue weighted by Gasteiger charge is 2.24. The Morgan fingerprint density at radius 3 is 2.44 bits per heavy atom. The number of hydrogen-bond acceptors (Lipinski definition) is 4. The van der Waals surface area contributed by atoms with Crippen LogP contribution in [0, 0.1) is 0 Å². The third-order valence-electron chi connectivity index (χ3n) is 4.66. The quantitative estimate of drug-likeness (QED) is 0.727. The minimum atomic E-state index is -0.137. The molecule has 0 unspecified atom stereocenters. The third kappa shape index (κ3) is 4.09. The Bertz CT molecular complexity index is 916. The number of rotatable bonds is 3. The molecule has 1 fully saturated rings. The summed E-state index contributed by atoms with van der Waals surface area (Å²) in [6, 6.07) is 17.0. The molecule has 1 aromatic heterocycles. The zero-order valence-electron chi connectivity index (χ0n) is 14.7. The Labute approximate surface area is 161 Å². The van der Waals surface area contributed by atoms with Gasteiger partial charge in [0.1, 0.15) is 0 Å². The van der Waals surface area contributed by atoms with E-state index in [0.717, 1.165) is 23.1 Å². The van der Waals surface area contributed by atoms with Gasteiger partial charge in [0.25, 0.3) is 5.91 Å². The Kier molecular flexibility index (Phi) is 5.02. The van der Waals surface area contributed by atoms with Crippen LogP contribution in [0.5, 0.6) is 0 Å². The van der Waals surface area contributed by atoms with Gasteiger partial charge in [-0.1, -0.05) is 41.7 Å². The summed E-state index contributed by atoms with van der Waals surface area (Å²) < 4.78 is 1.05. The molecule has 1 saturated heterocycles. The van der Waals surface area contributed by atoms with Crippen molar-refractivity contribution in [2.75, 3.05) is 18.4 Å². The average molecular weight is 380 g/mol. The lowest BCUT2D eigenvalue weighted by Gasteiger charge is -2.32. The summed E-state index contributed by atoms with van der Waals surface area (Å²) in [6.07, 6.45) is 1.48. The van der Waals surface area contributed by atoms with Crippen LogP contribution in [0.4, 0.5) is 9.93 Å². The van der Waals surface area contributed by atoms with E-state index in [9.17, 15) is 9.59 Å². The average Bonchev–Trinajstić information content (AvgIpc) is 3.11. The maximum Gasteiger partial charge on any atom is 0.323 e. The van der Waals surface area contributed by atoms with E-state index in [4.69, 9.17) is 0 Å². The molecule has 27 heavy (non-hydrogen) atoms. The number of likely N-dealkylation sites (tertiary alicyclic amines) is 1. The molecular weight excluding hydrogens is 360 g/mol. The number of anilines is 1. The van der Waals surface area contributed by atoms with Gasteiger partial charge in [-0.3, -0.25) is 10.1 Å². The number of carbonyl (C=O) groups is 2. The number of thiazole rings is 1. The number of nitrogens with zero attached hydrogens (tertiary/aromatic N) is 2. The van der Waals surface area contributed by atoms with Gasteiger partial charge in [-0.2, -0.15) is 0 Å². The van der Waals surface area contributed by atoms with Gasteiger partial charge in [0.2, 0.25) is 0 Å². The highest BCUT2D eigenvalue weighted by Crippen LogP contribution is 2.25. The summed E-state index contributed by atoms with van der Waals surface area (Å²) in [5, 5.41) is 6.56. The zero-order valence-corrected chi connectivity index (χ0v) is 15.5. The second-order valence-corrected chi connectivity index (χ2v) is 7.55. The van der Waals surface area contributed by atoms with Crippen molar-refractivity contribution in [1.29, 1.82) is 0 Å². The van der Waals surface area contributed by atoms with E-state index < -0.39 is 0 Å². The summed E-state index contributed by atoms with van der Waals surface area (Å²) in [4.78, 5) is 30.9. The number of hydrogen-bond donors (Lipinski definition) is 2. The van der Waals surface area contributed by atoms with E-state index in [-0.39, 0.29) is 18.0 Å². The third-order valence-corrected chi connectivity index (χ3v) is 5.61.